The maximum Gasteiger partial charge on any atom is 0.214 e. The lowest BCUT2D eigenvalue weighted by Gasteiger charge is -2.16. The van der Waals surface area contributed by atoms with Crippen molar-refractivity contribution in [2.45, 2.75) is 25.7 Å². The molecule has 4 rings (SSSR count). The molecule has 0 amide bonds. The van der Waals surface area contributed by atoms with Gasteiger partial charge in [-0.1, -0.05) is 18.2 Å². The van der Waals surface area contributed by atoms with Crippen LogP contribution in [0.5, 0.6) is 0 Å². The number of pyridine rings is 1. The third-order valence-electron chi connectivity index (χ3n) is 4.33. The predicted octanol–water partition coefficient (Wildman–Crippen LogP) is 3.54. The first-order valence-corrected chi connectivity index (χ1v) is 7.27. The zero-order chi connectivity index (χ0) is 14.4. The average molecular weight is 279 g/mol. The molecule has 4 nitrogen and oxygen atoms in total. The van der Waals surface area contributed by atoms with Gasteiger partial charge in [-0.15, -0.1) is 0 Å². The second kappa shape index (κ2) is 4.52. The Morgan fingerprint density at radius 3 is 2.67 bits per heavy atom. The first kappa shape index (κ1) is 12.3. The van der Waals surface area contributed by atoms with E-state index in [1.807, 2.05) is 6.20 Å². The molecule has 0 saturated carbocycles. The highest BCUT2D eigenvalue weighted by Crippen LogP contribution is 2.38. The van der Waals surface area contributed by atoms with Crippen molar-refractivity contribution in [1.82, 2.24) is 4.98 Å². The number of hydrogen-bond donors (Lipinski definition) is 2. The molecule has 106 valence electrons. The van der Waals surface area contributed by atoms with E-state index in [2.05, 4.69) is 23.2 Å². The predicted molar refractivity (Wildman–Crippen MR) is 84.9 cm³/mol. The van der Waals surface area contributed by atoms with Crippen molar-refractivity contribution >= 4 is 22.5 Å². The van der Waals surface area contributed by atoms with Crippen LogP contribution in [-0.2, 0) is 12.8 Å². The minimum absolute atomic E-state index is 0.261. The third-order valence-corrected chi connectivity index (χ3v) is 4.33. The van der Waals surface area contributed by atoms with Gasteiger partial charge in [0.2, 0.25) is 5.88 Å². The first-order valence-electron chi connectivity index (χ1n) is 7.27. The van der Waals surface area contributed by atoms with Gasteiger partial charge in [-0.2, -0.15) is 0 Å². The third kappa shape index (κ3) is 1.87. The minimum atomic E-state index is 0.261. The molecule has 3 aromatic rings. The normalized spacial score (nSPS) is 14.3. The molecule has 0 unspecified atom stereocenters. The van der Waals surface area contributed by atoms with E-state index < -0.39 is 0 Å². The van der Waals surface area contributed by atoms with Gasteiger partial charge in [-0.05, 0) is 42.4 Å². The summed E-state index contributed by atoms with van der Waals surface area (Å²) in [6.45, 7) is 0. The second-order valence-electron chi connectivity index (χ2n) is 5.63. The topological polar surface area (TPSA) is 78.1 Å². The first-order chi connectivity index (χ1) is 10.2. The molecule has 0 saturated heterocycles. The molecular formula is C17H17N3O. The van der Waals surface area contributed by atoms with Gasteiger partial charge in [-0.3, -0.25) is 4.98 Å². The van der Waals surface area contributed by atoms with Crippen LogP contribution in [0, 0.1) is 0 Å². The Labute approximate surface area is 122 Å². The Morgan fingerprint density at radius 1 is 1.00 bits per heavy atom. The number of nitrogens with two attached hydrogens (primary N) is 2. The maximum atomic E-state index is 6.07. The van der Waals surface area contributed by atoms with Crippen LogP contribution in [0.3, 0.4) is 0 Å². The Bertz CT molecular complexity index is 835. The van der Waals surface area contributed by atoms with Gasteiger partial charge >= 0.3 is 0 Å². The standard InChI is InChI=1S/C17H17N3O/c18-16-15-13(8-20-9-14(15)21-17(16)19)12-6-5-10-3-1-2-4-11(10)7-12/h5-9H,1-4,18-19H2. The van der Waals surface area contributed by atoms with Crippen molar-refractivity contribution in [3.05, 3.63) is 41.7 Å². The van der Waals surface area contributed by atoms with E-state index in [1.165, 1.54) is 30.4 Å². The maximum absolute atomic E-state index is 6.07. The van der Waals surface area contributed by atoms with Crippen molar-refractivity contribution < 1.29 is 4.42 Å². The molecule has 0 aliphatic heterocycles. The Kier molecular flexibility index (Phi) is 2.64. The van der Waals surface area contributed by atoms with Crippen LogP contribution >= 0.6 is 0 Å². The highest BCUT2D eigenvalue weighted by Gasteiger charge is 2.16. The second-order valence-corrected chi connectivity index (χ2v) is 5.63. The van der Waals surface area contributed by atoms with E-state index in [1.54, 1.807) is 6.20 Å². The molecule has 2 aromatic heterocycles. The minimum Gasteiger partial charge on any atom is -0.437 e. The molecule has 1 aliphatic carbocycles. The molecule has 4 N–H and O–H groups in total. The Morgan fingerprint density at radius 2 is 1.81 bits per heavy atom. The van der Waals surface area contributed by atoms with Crippen molar-refractivity contribution in [1.29, 1.82) is 0 Å². The fourth-order valence-electron chi connectivity index (χ4n) is 3.21. The lowest BCUT2D eigenvalue weighted by molar-refractivity contribution is 0.637. The zero-order valence-electron chi connectivity index (χ0n) is 11.7. The molecule has 4 heteroatoms. The Hall–Kier alpha value is -2.49. The summed E-state index contributed by atoms with van der Waals surface area (Å²) in [4.78, 5) is 4.25. The highest BCUT2D eigenvalue weighted by molar-refractivity contribution is 6.04. The van der Waals surface area contributed by atoms with Crippen LogP contribution in [0.1, 0.15) is 24.0 Å². The summed E-state index contributed by atoms with van der Waals surface area (Å²) in [5.74, 6) is 0.261. The number of hydrogen-bond acceptors (Lipinski definition) is 4. The zero-order valence-corrected chi connectivity index (χ0v) is 11.7. The van der Waals surface area contributed by atoms with E-state index in [0.29, 0.717) is 11.3 Å². The molecule has 0 fully saturated rings. The fourth-order valence-corrected chi connectivity index (χ4v) is 3.21. The monoisotopic (exact) mass is 279 g/mol. The van der Waals surface area contributed by atoms with Gasteiger partial charge in [-0.25, -0.2) is 0 Å². The van der Waals surface area contributed by atoms with Crippen LogP contribution in [0.2, 0.25) is 0 Å². The number of aromatic nitrogens is 1. The summed E-state index contributed by atoms with van der Waals surface area (Å²) in [5, 5.41) is 0.859. The summed E-state index contributed by atoms with van der Waals surface area (Å²) in [7, 11) is 0. The highest BCUT2D eigenvalue weighted by atomic mass is 16.3. The van der Waals surface area contributed by atoms with Crippen LogP contribution < -0.4 is 11.5 Å². The van der Waals surface area contributed by atoms with Crippen LogP contribution in [0.25, 0.3) is 22.1 Å². The molecule has 21 heavy (non-hydrogen) atoms. The molecule has 2 heterocycles. The SMILES string of the molecule is Nc1oc2cncc(-c3ccc4c(c3)CCCC4)c2c1N. The van der Waals surface area contributed by atoms with Gasteiger partial charge in [0.05, 0.1) is 11.6 Å². The van der Waals surface area contributed by atoms with Crippen LogP contribution in [0.4, 0.5) is 11.6 Å². The van der Waals surface area contributed by atoms with Crippen LogP contribution in [0.15, 0.2) is 35.0 Å². The van der Waals surface area contributed by atoms with E-state index in [0.717, 1.165) is 22.9 Å². The summed E-state index contributed by atoms with van der Waals surface area (Å²) in [6, 6.07) is 6.62. The van der Waals surface area contributed by atoms with E-state index in [4.69, 9.17) is 15.9 Å². The number of aryl methyl sites for hydroxylation is 2. The number of nitrogen functional groups attached to an aromatic ring is 2. The average Bonchev–Trinajstić information content (AvgIpc) is 2.82. The van der Waals surface area contributed by atoms with Crippen molar-refractivity contribution in [3.8, 4) is 11.1 Å². The van der Waals surface area contributed by atoms with Gasteiger partial charge < -0.3 is 15.9 Å². The lowest BCUT2D eigenvalue weighted by atomic mass is 9.89. The summed E-state index contributed by atoms with van der Waals surface area (Å²) < 4.78 is 5.46. The number of benzene rings is 1. The largest absolute Gasteiger partial charge is 0.437 e. The summed E-state index contributed by atoms with van der Waals surface area (Å²) in [5.41, 5.74) is 18.0. The number of nitrogens with zero attached hydrogens (tertiary/aromatic N) is 1. The molecule has 0 atom stereocenters. The molecule has 1 aliphatic rings. The van der Waals surface area contributed by atoms with E-state index in [9.17, 15) is 0 Å². The number of fused-ring (bicyclic) bond motifs is 2. The summed E-state index contributed by atoms with van der Waals surface area (Å²) >= 11 is 0. The van der Waals surface area contributed by atoms with Crippen molar-refractivity contribution in [2.24, 2.45) is 0 Å². The van der Waals surface area contributed by atoms with Gasteiger partial charge in [0.15, 0.2) is 5.58 Å². The van der Waals surface area contributed by atoms with E-state index in [-0.39, 0.29) is 5.88 Å². The lowest BCUT2D eigenvalue weighted by Crippen LogP contribution is -2.02. The van der Waals surface area contributed by atoms with Gasteiger partial charge in [0.25, 0.3) is 0 Å². The van der Waals surface area contributed by atoms with Gasteiger partial charge in [0.1, 0.15) is 5.69 Å². The number of furan rings is 1. The number of rotatable bonds is 1. The van der Waals surface area contributed by atoms with Crippen molar-refractivity contribution in [3.63, 3.8) is 0 Å². The molecule has 0 bridgehead atoms. The van der Waals surface area contributed by atoms with Crippen molar-refractivity contribution in [2.75, 3.05) is 11.5 Å². The smallest absolute Gasteiger partial charge is 0.214 e. The Balaban J connectivity index is 1.94. The van der Waals surface area contributed by atoms with Crippen LogP contribution in [-0.4, -0.2) is 4.98 Å². The fraction of sp³-hybridized carbons (Fsp3) is 0.235. The number of anilines is 2. The molecule has 0 radical (unpaired) electrons. The molecular weight excluding hydrogens is 262 g/mol. The van der Waals surface area contributed by atoms with E-state index >= 15 is 0 Å². The van der Waals surface area contributed by atoms with Gasteiger partial charge in [0, 0.05) is 11.8 Å². The molecule has 0 spiro atoms. The molecule has 1 aromatic carbocycles. The quantitative estimate of drug-likeness (QED) is 0.714. The summed E-state index contributed by atoms with van der Waals surface area (Å²) in [6.07, 6.45) is 8.37.